The summed E-state index contributed by atoms with van der Waals surface area (Å²) in [4.78, 5) is 42.0. The summed E-state index contributed by atoms with van der Waals surface area (Å²) in [5.74, 6) is 1.45. The number of imidazole rings is 1. The number of aromatic nitrogens is 3. The molecule has 5 aromatic rings. The Hall–Kier alpha value is -4.28. The van der Waals surface area contributed by atoms with Gasteiger partial charge in [-0.1, -0.05) is 30.3 Å². The van der Waals surface area contributed by atoms with Gasteiger partial charge in [0.25, 0.3) is 5.91 Å². The number of carbonyl (C=O) groups excluding carboxylic acids is 2. The lowest BCUT2D eigenvalue weighted by Crippen LogP contribution is -2.52. The first-order valence-electron chi connectivity index (χ1n) is 14.6. The van der Waals surface area contributed by atoms with Crippen molar-refractivity contribution >= 4 is 49.7 Å². The van der Waals surface area contributed by atoms with Crippen molar-refractivity contribution in [2.24, 2.45) is 0 Å². The number of fused-ring (bicyclic) bond motifs is 4. The van der Waals surface area contributed by atoms with Crippen LogP contribution in [0, 0.1) is 0 Å². The Bertz CT molecular complexity index is 1900. The van der Waals surface area contributed by atoms with E-state index in [-0.39, 0.29) is 11.8 Å². The second-order valence-electron chi connectivity index (χ2n) is 11.4. The van der Waals surface area contributed by atoms with Crippen molar-refractivity contribution < 1.29 is 19.1 Å². The number of aromatic amines is 1. The first-order valence-corrected chi connectivity index (χ1v) is 15.4. The number of nitrogens with zero attached hydrogens (tertiary/aromatic N) is 3. The monoisotopic (exact) mass is 655 g/mol. The quantitative estimate of drug-likeness (QED) is 0.139. The summed E-state index contributed by atoms with van der Waals surface area (Å²) in [7, 11) is 3.24. The summed E-state index contributed by atoms with van der Waals surface area (Å²) in [5, 5.41) is 4.46. The molecule has 3 aromatic carbocycles. The molecule has 2 aromatic heterocycles. The normalized spacial score (nSPS) is 14.3. The van der Waals surface area contributed by atoms with Crippen LogP contribution in [0.4, 0.5) is 0 Å². The molecule has 0 saturated carbocycles. The van der Waals surface area contributed by atoms with Crippen molar-refractivity contribution in [1.82, 2.24) is 25.2 Å². The van der Waals surface area contributed by atoms with E-state index >= 15 is 0 Å². The number of ether oxygens (including phenoxy) is 2. The van der Waals surface area contributed by atoms with Crippen LogP contribution in [0.15, 0.2) is 65.1 Å². The third kappa shape index (κ3) is 5.33. The van der Waals surface area contributed by atoms with Crippen LogP contribution in [-0.4, -0.2) is 65.5 Å². The van der Waals surface area contributed by atoms with Gasteiger partial charge in [-0.05, 0) is 97.2 Å². The van der Waals surface area contributed by atoms with E-state index in [2.05, 4.69) is 26.2 Å². The molecule has 0 fully saturated rings. The highest BCUT2D eigenvalue weighted by Gasteiger charge is 2.45. The van der Waals surface area contributed by atoms with Crippen molar-refractivity contribution in [2.45, 2.75) is 32.1 Å². The van der Waals surface area contributed by atoms with Gasteiger partial charge in [0.05, 0.1) is 36.2 Å². The van der Waals surface area contributed by atoms with Gasteiger partial charge in [-0.3, -0.25) is 14.5 Å². The molecule has 2 amide bonds. The maximum absolute atomic E-state index is 14.0. The molecule has 0 radical (unpaired) electrons. The van der Waals surface area contributed by atoms with Crippen LogP contribution in [0.3, 0.4) is 0 Å². The molecule has 1 aliphatic heterocycles. The Morgan fingerprint density at radius 2 is 1.75 bits per heavy atom. The zero-order valence-corrected chi connectivity index (χ0v) is 26.7. The van der Waals surface area contributed by atoms with Crippen molar-refractivity contribution in [2.75, 3.05) is 33.9 Å². The molecule has 226 valence electrons. The minimum atomic E-state index is -0.896. The van der Waals surface area contributed by atoms with Gasteiger partial charge in [-0.15, -0.1) is 0 Å². The SMILES string of the molecule is COc1ccc(CCNCCCN2C(=O)c3c(cc(Br)c4nc(-c5ccc6ccccc6n5)[nH]c34)C(C)(C)C2=O)cc1OC. The van der Waals surface area contributed by atoms with Crippen molar-refractivity contribution in [3.63, 3.8) is 0 Å². The van der Waals surface area contributed by atoms with Crippen molar-refractivity contribution in [1.29, 1.82) is 0 Å². The van der Waals surface area contributed by atoms with E-state index in [4.69, 9.17) is 19.4 Å². The number of imide groups is 1. The molecule has 0 saturated heterocycles. The molecule has 2 N–H and O–H groups in total. The number of rotatable bonds is 10. The van der Waals surface area contributed by atoms with Crippen LogP contribution >= 0.6 is 15.9 Å². The smallest absolute Gasteiger partial charge is 0.262 e. The molecule has 44 heavy (non-hydrogen) atoms. The summed E-state index contributed by atoms with van der Waals surface area (Å²) < 4.78 is 11.4. The predicted molar refractivity (Wildman–Crippen MR) is 174 cm³/mol. The summed E-state index contributed by atoms with van der Waals surface area (Å²) in [6, 6.07) is 19.6. The van der Waals surface area contributed by atoms with E-state index in [1.807, 2.05) is 74.5 Å². The third-order valence-electron chi connectivity index (χ3n) is 8.25. The van der Waals surface area contributed by atoms with Crippen molar-refractivity contribution in [3.05, 3.63) is 81.8 Å². The Kier molecular flexibility index (Phi) is 8.13. The van der Waals surface area contributed by atoms with E-state index in [0.717, 1.165) is 33.9 Å². The van der Waals surface area contributed by atoms with Crippen LogP contribution in [0.5, 0.6) is 11.5 Å². The Balaban J connectivity index is 1.19. The topological polar surface area (TPSA) is 109 Å². The molecule has 0 spiro atoms. The Labute approximate surface area is 264 Å². The Morgan fingerprint density at radius 1 is 0.955 bits per heavy atom. The average molecular weight is 657 g/mol. The van der Waals surface area contributed by atoms with Gasteiger partial charge in [0, 0.05) is 16.4 Å². The third-order valence-corrected chi connectivity index (χ3v) is 8.85. The fourth-order valence-electron chi connectivity index (χ4n) is 5.80. The number of carbonyl (C=O) groups is 2. The van der Waals surface area contributed by atoms with Gasteiger partial charge >= 0.3 is 0 Å². The molecule has 9 nitrogen and oxygen atoms in total. The number of para-hydroxylation sites is 1. The summed E-state index contributed by atoms with van der Waals surface area (Å²) >= 11 is 3.65. The predicted octanol–water partition coefficient (Wildman–Crippen LogP) is 6.04. The van der Waals surface area contributed by atoms with Gasteiger partial charge in [-0.2, -0.15) is 0 Å². The number of H-pyrrole nitrogens is 1. The molecule has 10 heteroatoms. The zero-order valence-electron chi connectivity index (χ0n) is 25.2. The van der Waals surface area contributed by atoms with Gasteiger partial charge in [0.2, 0.25) is 5.91 Å². The van der Waals surface area contributed by atoms with Crippen LogP contribution in [0.25, 0.3) is 33.5 Å². The molecule has 0 bridgehead atoms. The van der Waals surface area contributed by atoms with E-state index in [0.29, 0.717) is 64.7 Å². The highest BCUT2D eigenvalue weighted by atomic mass is 79.9. The minimum absolute atomic E-state index is 0.206. The summed E-state index contributed by atoms with van der Waals surface area (Å²) in [5.41, 5.74) is 4.15. The highest BCUT2D eigenvalue weighted by Crippen LogP contribution is 2.41. The average Bonchev–Trinajstić information content (AvgIpc) is 3.49. The number of pyridine rings is 1. The molecule has 0 atom stereocenters. The molecule has 1 aliphatic rings. The molecule has 6 rings (SSSR count). The standard InChI is InChI=1S/C34H34BrN5O4/c1-34(2)22-19-23(35)29-30(39-31(38-29)25-12-11-21-8-5-6-9-24(21)37-25)28(22)32(41)40(33(34)42)17-7-15-36-16-14-20-10-13-26(43-3)27(18-20)44-4/h5-6,8-13,18-19,36H,7,14-17H2,1-4H3,(H,38,39). The molecular weight excluding hydrogens is 622 g/mol. The van der Waals surface area contributed by atoms with Gasteiger partial charge < -0.3 is 19.8 Å². The number of methoxy groups -OCH3 is 2. The van der Waals surface area contributed by atoms with Gasteiger partial charge in [0.15, 0.2) is 17.3 Å². The molecular formula is C34H34BrN5O4. The van der Waals surface area contributed by atoms with Crippen LogP contribution < -0.4 is 14.8 Å². The first kappa shape index (κ1) is 29.8. The maximum atomic E-state index is 14.0. The second-order valence-corrected chi connectivity index (χ2v) is 12.3. The summed E-state index contributed by atoms with van der Waals surface area (Å²) in [6.07, 6.45) is 1.44. The minimum Gasteiger partial charge on any atom is -0.493 e. The number of hydrogen-bond donors (Lipinski definition) is 2. The summed E-state index contributed by atoms with van der Waals surface area (Å²) in [6.45, 7) is 5.47. The van der Waals surface area contributed by atoms with Crippen LogP contribution in [0.2, 0.25) is 0 Å². The van der Waals surface area contributed by atoms with Gasteiger partial charge in [0.1, 0.15) is 11.2 Å². The number of halogens is 1. The first-order chi connectivity index (χ1) is 21.2. The maximum Gasteiger partial charge on any atom is 0.262 e. The van der Waals surface area contributed by atoms with Gasteiger partial charge in [-0.25, -0.2) is 9.97 Å². The molecule has 0 aliphatic carbocycles. The molecule has 0 unspecified atom stereocenters. The number of benzene rings is 3. The molecule has 3 heterocycles. The fraction of sp³-hybridized carbons (Fsp3) is 0.294. The van der Waals surface area contributed by atoms with Crippen LogP contribution in [0.1, 0.15) is 41.8 Å². The largest absolute Gasteiger partial charge is 0.493 e. The lowest BCUT2D eigenvalue weighted by molar-refractivity contribution is -0.134. The number of amides is 2. The number of hydrogen-bond acceptors (Lipinski definition) is 7. The van der Waals surface area contributed by atoms with Crippen LogP contribution in [-0.2, 0) is 16.6 Å². The Morgan fingerprint density at radius 3 is 2.55 bits per heavy atom. The lowest BCUT2D eigenvalue weighted by Gasteiger charge is -2.37. The van der Waals surface area contributed by atoms with E-state index < -0.39 is 5.41 Å². The zero-order chi connectivity index (χ0) is 31.0. The highest BCUT2D eigenvalue weighted by molar-refractivity contribution is 9.10. The van der Waals surface area contributed by atoms with E-state index in [1.54, 1.807) is 14.2 Å². The lowest BCUT2D eigenvalue weighted by atomic mass is 9.76. The van der Waals surface area contributed by atoms with E-state index in [9.17, 15) is 9.59 Å². The fourth-order valence-corrected chi connectivity index (χ4v) is 6.32. The van der Waals surface area contributed by atoms with E-state index in [1.165, 1.54) is 4.90 Å². The van der Waals surface area contributed by atoms with Crippen molar-refractivity contribution in [3.8, 4) is 23.0 Å². The number of nitrogens with one attached hydrogen (secondary N) is 2. The second kappa shape index (κ2) is 12.0.